The van der Waals surface area contributed by atoms with Gasteiger partial charge in [0.2, 0.25) is 11.9 Å². The molecule has 1 saturated heterocycles. The van der Waals surface area contributed by atoms with Crippen LogP contribution in [0.1, 0.15) is 26.2 Å². The van der Waals surface area contributed by atoms with Gasteiger partial charge in [0.15, 0.2) is 0 Å². The van der Waals surface area contributed by atoms with Crippen molar-refractivity contribution in [2.75, 3.05) is 13.6 Å². The van der Waals surface area contributed by atoms with Crippen molar-refractivity contribution in [1.29, 1.82) is 0 Å². The van der Waals surface area contributed by atoms with Crippen molar-refractivity contribution in [2.45, 2.75) is 26.2 Å². The molecule has 0 aromatic carbocycles. The summed E-state index contributed by atoms with van der Waals surface area (Å²) in [7, 11) is 1.70. The number of hydrogen-bond donors (Lipinski definition) is 2. The molecule has 0 bridgehead atoms. The number of nitrogens with zero attached hydrogens (tertiary/aromatic N) is 2. The van der Waals surface area contributed by atoms with Gasteiger partial charge in [0.1, 0.15) is 0 Å². The predicted molar refractivity (Wildman–Crippen MR) is 65.4 cm³/mol. The zero-order chi connectivity index (χ0) is 12.7. The van der Waals surface area contributed by atoms with Gasteiger partial charge in [0.25, 0.3) is 0 Å². The van der Waals surface area contributed by atoms with Gasteiger partial charge < -0.3 is 10.2 Å². The van der Waals surface area contributed by atoms with Crippen LogP contribution in [0, 0.1) is 0 Å². The van der Waals surface area contributed by atoms with Gasteiger partial charge >= 0.3 is 6.03 Å². The molecule has 0 aliphatic carbocycles. The van der Waals surface area contributed by atoms with Gasteiger partial charge in [-0.25, -0.2) is 4.79 Å². The van der Waals surface area contributed by atoms with Gasteiger partial charge in [0, 0.05) is 13.2 Å². The van der Waals surface area contributed by atoms with Crippen molar-refractivity contribution in [3.8, 4) is 0 Å². The van der Waals surface area contributed by atoms with Crippen molar-refractivity contribution in [1.82, 2.24) is 15.5 Å². The Morgan fingerprint density at radius 3 is 3.00 bits per heavy atom. The van der Waals surface area contributed by atoms with Crippen LogP contribution in [0.5, 0.6) is 0 Å². The molecular weight excluding hydrogens is 220 g/mol. The van der Waals surface area contributed by atoms with E-state index in [1.165, 1.54) is 0 Å². The van der Waals surface area contributed by atoms with Crippen LogP contribution in [-0.2, 0) is 4.79 Å². The highest BCUT2D eigenvalue weighted by Gasteiger charge is 2.21. The molecule has 0 spiro atoms. The van der Waals surface area contributed by atoms with Crippen LogP contribution in [0.25, 0.3) is 0 Å². The highest BCUT2D eigenvalue weighted by atomic mass is 16.2. The molecule has 0 saturated carbocycles. The van der Waals surface area contributed by atoms with Gasteiger partial charge in [-0.1, -0.05) is 25.8 Å². The topological polar surface area (TPSA) is 73.8 Å². The Hall–Kier alpha value is -1.85. The van der Waals surface area contributed by atoms with Crippen LogP contribution in [0.15, 0.2) is 17.3 Å². The molecule has 0 unspecified atom stereocenters. The Balaban J connectivity index is 2.36. The third-order valence-corrected chi connectivity index (χ3v) is 2.25. The van der Waals surface area contributed by atoms with Gasteiger partial charge in [-0.05, 0) is 6.42 Å². The first kappa shape index (κ1) is 13.2. The van der Waals surface area contributed by atoms with E-state index in [9.17, 15) is 9.59 Å². The smallest absolute Gasteiger partial charge is 0.336 e. The third-order valence-electron chi connectivity index (χ3n) is 2.25. The number of guanidine groups is 1. The largest absolute Gasteiger partial charge is 0.348 e. The van der Waals surface area contributed by atoms with Gasteiger partial charge in [-0.3, -0.25) is 10.1 Å². The summed E-state index contributed by atoms with van der Waals surface area (Å²) in [5, 5.41) is 5.02. The quantitative estimate of drug-likeness (QED) is 0.712. The van der Waals surface area contributed by atoms with Gasteiger partial charge in [-0.15, -0.1) is 0 Å². The number of nitrogens with one attached hydrogen (secondary N) is 2. The summed E-state index contributed by atoms with van der Waals surface area (Å²) >= 11 is 0. The molecule has 1 aliphatic rings. The molecule has 0 atom stereocenters. The maximum atomic E-state index is 11.4. The fourth-order valence-electron chi connectivity index (χ4n) is 1.33. The lowest BCUT2D eigenvalue weighted by Gasteiger charge is -2.07. The molecule has 0 aromatic rings. The summed E-state index contributed by atoms with van der Waals surface area (Å²) in [6.07, 6.45) is 6.62. The van der Waals surface area contributed by atoms with Crippen molar-refractivity contribution in [3.05, 3.63) is 12.3 Å². The molecule has 0 aromatic heterocycles. The molecule has 1 rings (SSSR count). The Labute approximate surface area is 101 Å². The summed E-state index contributed by atoms with van der Waals surface area (Å²) in [6.45, 7) is 2.34. The molecular formula is C11H18N4O2. The fraction of sp³-hybridized carbons (Fsp3) is 0.545. The number of unbranched alkanes of at least 4 members (excludes halogenated alkanes) is 2. The van der Waals surface area contributed by atoms with Gasteiger partial charge in [0.05, 0.1) is 6.54 Å². The lowest BCUT2D eigenvalue weighted by Crippen LogP contribution is -2.29. The average Bonchev–Trinajstić information content (AvgIpc) is 2.57. The van der Waals surface area contributed by atoms with E-state index in [4.69, 9.17) is 0 Å². The zero-order valence-electron chi connectivity index (χ0n) is 10.2. The minimum absolute atomic E-state index is 0.155. The Bertz CT molecular complexity index is 349. The highest BCUT2D eigenvalue weighted by Crippen LogP contribution is 1.95. The highest BCUT2D eigenvalue weighted by molar-refractivity contribution is 6.07. The number of aliphatic imine (C=N–C) groups is 1. The van der Waals surface area contributed by atoms with Gasteiger partial charge in [-0.2, -0.15) is 4.99 Å². The summed E-state index contributed by atoms with van der Waals surface area (Å²) in [4.78, 5) is 27.7. The number of rotatable bonds is 4. The Kier molecular flexibility index (Phi) is 5.19. The monoisotopic (exact) mass is 238 g/mol. The van der Waals surface area contributed by atoms with E-state index in [1.807, 2.05) is 6.08 Å². The number of carbonyl (C=O) groups is 2. The number of urea groups is 1. The third kappa shape index (κ3) is 4.67. The second-order valence-corrected chi connectivity index (χ2v) is 3.83. The minimum Gasteiger partial charge on any atom is -0.336 e. The molecule has 1 fully saturated rings. The van der Waals surface area contributed by atoms with E-state index in [-0.39, 0.29) is 18.4 Å². The predicted octanol–water partition coefficient (Wildman–Crippen LogP) is 0.818. The first-order valence-corrected chi connectivity index (χ1v) is 5.68. The normalized spacial score (nSPS) is 17.9. The average molecular weight is 238 g/mol. The standard InChI is InChI=1S/C11H18N4O2/c1-3-4-5-6-7-12-11(17)14-10-13-9(16)8-15(10)2/h6-7H,3-5,8H2,1-2H3,(H2,12,13,14,16,17). The first-order valence-electron chi connectivity index (χ1n) is 5.68. The summed E-state index contributed by atoms with van der Waals surface area (Å²) in [5.41, 5.74) is 0. The fourth-order valence-corrected chi connectivity index (χ4v) is 1.33. The Morgan fingerprint density at radius 1 is 1.65 bits per heavy atom. The molecule has 94 valence electrons. The zero-order valence-corrected chi connectivity index (χ0v) is 10.2. The SMILES string of the molecule is CCCCC=CNC(=O)N=C1NC(=O)CN1C. The number of amides is 3. The summed E-state index contributed by atoms with van der Waals surface area (Å²) < 4.78 is 0. The van der Waals surface area contributed by atoms with E-state index in [1.54, 1.807) is 18.1 Å². The molecule has 1 aliphatic heterocycles. The summed E-state index contributed by atoms with van der Waals surface area (Å²) in [5.74, 6) is 0.131. The van der Waals surface area contributed by atoms with Crippen molar-refractivity contribution < 1.29 is 9.59 Å². The van der Waals surface area contributed by atoms with E-state index in [0.29, 0.717) is 0 Å². The molecule has 2 N–H and O–H groups in total. The van der Waals surface area contributed by atoms with E-state index < -0.39 is 6.03 Å². The van der Waals surface area contributed by atoms with Crippen LogP contribution in [0.4, 0.5) is 4.79 Å². The Morgan fingerprint density at radius 2 is 2.41 bits per heavy atom. The van der Waals surface area contributed by atoms with E-state index in [2.05, 4.69) is 22.5 Å². The van der Waals surface area contributed by atoms with Crippen LogP contribution in [-0.4, -0.2) is 36.4 Å². The second kappa shape index (κ2) is 6.67. The molecule has 0 radical (unpaired) electrons. The maximum Gasteiger partial charge on any atom is 0.348 e. The lowest BCUT2D eigenvalue weighted by atomic mass is 10.2. The molecule has 3 amide bonds. The van der Waals surface area contributed by atoms with Crippen LogP contribution in [0.3, 0.4) is 0 Å². The van der Waals surface area contributed by atoms with E-state index in [0.717, 1.165) is 19.3 Å². The number of allylic oxidation sites excluding steroid dienone is 1. The number of carbonyl (C=O) groups excluding carboxylic acids is 2. The van der Waals surface area contributed by atoms with Crippen molar-refractivity contribution in [3.63, 3.8) is 0 Å². The van der Waals surface area contributed by atoms with E-state index >= 15 is 0 Å². The second-order valence-electron chi connectivity index (χ2n) is 3.83. The lowest BCUT2D eigenvalue weighted by molar-refractivity contribution is -0.118. The minimum atomic E-state index is -0.484. The number of hydrogen-bond acceptors (Lipinski definition) is 2. The van der Waals surface area contributed by atoms with Crippen LogP contribution < -0.4 is 10.6 Å². The molecule has 6 nitrogen and oxygen atoms in total. The van der Waals surface area contributed by atoms with Crippen molar-refractivity contribution in [2.24, 2.45) is 4.99 Å². The first-order chi connectivity index (χ1) is 8.13. The number of likely N-dealkylation sites (N-methyl/N-ethyl adjacent to an activating group) is 1. The maximum absolute atomic E-state index is 11.4. The molecule has 6 heteroatoms. The van der Waals surface area contributed by atoms with Crippen molar-refractivity contribution >= 4 is 17.9 Å². The molecule has 1 heterocycles. The molecule has 17 heavy (non-hydrogen) atoms. The summed E-state index contributed by atoms with van der Waals surface area (Å²) in [6, 6.07) is -0.484. The van der Waals surface area contributed by atoms with Crippen LogP contribution >= 0.6 is 0 Å². The van der Waals surface area contributed by atoms with Crippen LogP contribution in [0.2, 0.25) is 0 Å².